The van der Waals surface area contributed by atoms with Crippen LogP contribution in [-0.4, -0.2) is 9.78 Å². The van der Waals surface area contributed by atoms with Crippen LogP contribution in [0, 0.1) is 0 Å². The lowest BCUT2D eigenvalue weighted by Gasteiger charge is -2.09. The smallest absolute Gasteiger partial charge is 0.125 e. The Labute approximate surface area is 119 Å². The highest BCUT2D eigenvalue weighted by atomic mass is 15.3. The molecule has 0 fully saturated rings. The molecule has 0 aliphatic carbocycles. The summed E-state index contributed by atoms with van der Waals surface area (Å²) in [7, 11) is 1.90. The molecule has 1 heterocycles. The molecule has 0 radical (unpaired) electrons. The summed E-state index contributed by atoms with van der Waals surface area (Å²) in [5.41, 5.74) is 9.46. The summed E-state index contributed by atoms with van der Waals surface area (Å²) in [6.45, 7) is 4.31. The second kappa shape index (κ2) is 4.67. The van der Waals surface area contributed by atoms with Crippen molar-refractivity contribution in [3.8, 4) is 11.3 Å². The van der Waals surface area contributed by atoms with Crippen molar-refractivity contribution in [3.05, 3.63) is 48.0 Å². The van der Waals surface area contributed by atoms with Crippen molar-refractivity contribution < 1.29 is 0 Å². The van der Waals surface area contributed by atoms with Crippen LogP contribution in [0.25, 0.3) is 22.0 Å². The number of hydrogen-bond donors (Lipinski definition) is 1. The first kappa shape index (κ1) is 12.7. The van der Waals surface area contributed by atoms with Crippen LogP contribution in [0.1, 0.15) is 25.3 Å². The zero-order valence-electron chi connectivity index (χ0n) is 12.1. The van der Waals surface area contributed by atoms with Gasteiger partial charge < -0.3 is 5.73 Å². The van der Waals surface area contributed by atoms with Gasteiger partial charge in [-0.3, -0.25) is 4.68 Å². The molecule has 0 amide bonds. The van der Waals surface area contributed by atoms with E-state index in [-0.39, 0.29) is 0 Å². The van der Waals surface area contributed by atoms with Gasteiger partial charge in [0.25, 0.3) is 0 Å². The van der Waals surface area contributed by atoms with E-state index >= 15 is 0 Å². The van der Waals surface area contributed by atoms with Crippen LogP contribution in [-0.2, 0) is 7.05 Å². The topological polar surface area (TPSA) is 43.8 Å². The Balaban J connectivity index is 2.34. The molecule has 3 heteroatoms. The van der Waals surface area contributed by atoms with Gasteiger partial charge in [0.15, 0.2) is 0 Å². The van der Waals surface area contributed by atoms with Gasteiger partial charge in [0, 0.05) is 18.2 Å². The summed E-state index contributed by atoms with van der Waals surface area (Å²) in [5, 5.41) is 7.09. The van der Waals surface area contributed by atoms with Crippen LogP contribution in [0.5, 0.6) is 0 Å². The SMILES string of the molecule is CC(C)c1c(-c2cccc3ccccc23)nn(C)c1N. The minimum atomic E-state index is 0.345. The molecule has 2 aromatic carbocycles. The number of aromatic nitrogens is 2. The number of nitrogens with zero attached hydrogens (tertiary/aromatic N) is 2. The molecule has 0 bridgehead atoms. The summed E-state index contributed by atoms with van der Waals surface area (Å²) in [6, 6.07) is 14.7. The van der Waals surface area contributed by atoms with Crippen LogP contribution in [0.15, 0.2) is 42.5 Å². The van der Waals surface area contributed by atoms with Crippen molar-refractivity contribution in [3.63, 3.8) is 0 Å². The number of hydrogen-bond acceptors (Lipinski definition) is 2. The Bertz CT molecular complexity index is 764. The van der Waals surface area contributed by atoms with Gasteiger partial charge in [-0.25, -0.2) is 0 Å². The minimum absolute atomic E-state index is 0.345. The molecule has 0 aliphatic rings. The van der Waals surface area contributed by atoms with Gasteiger partial charge in [0.1, 0.15) is 5.82 Å². The monoisotopic (exact) mass is 265 g/mol. The standard InChI is InChI=1S/C17H19N3/c1-11(2)15-16(19-20(3)17(15)18)14-10-6-8-12-7-4-5-9-13(12)14/h4-11H,18H2,1-3H3. The molecular formula is C17H19N3. The molecule has 0 saturated heterocycles. The number of aryl methyl sites for hydroxylation is 1. The predicted molar refractivity (Wildman–Crippen MR) is 84.7 cm³/mol. The van der Waals surface area contributed by atoms with Crippen molar-refractivity contribution in [2.24, 2.45) is 7.05 Å². The fraction of sp³-hybridized carbons (Fsp3) is 0.235. The second-order valence-corrected chi connectivity index (χ2v) is 5.45. The molecule has 20 heavy (non-hydrogen) atoms. The van der Waals surface area contributed by atoms with Gasteiger partial charge in [-0.2, -0.15) is 5.10 Å². The third kappa shape index (κ3) is 1.86. The van der Waals surface area contributed by atoms with E-state index in [2.05, 4.69) is 61.4 Å². The molecule has 3 nitrogen and oxygen atoms in total. The maximum Gasteiger partial charge on any atom is 0.125 e. The fourth-order valence-electron chi connectivity index (χ4n) is 2.75. The van der Waals surface area contributed by atoms with Crippen molar-refractivity contribution in [1.82, 2.24) is 9.78 Å². The minimum Gasteiger partial charge on any atom is -0.384 e. The Hall–Kier alpha value is -2.29. The first-order chi connectivity index (χ1) is 9.59. The Morgan fingerprint density at radius 1 is 1.05 bits per heavy atom. The first-order valence-corrected chi connectivity index (χ1v) is 6.90. The largest absolute Gasteiger partial charge is 0.384 e. The lowest BCUT2D eigenvalue weighted by atomic mass is 9.95. The van der Waals surface area contributed by atoms with Crippen molar-refractivity contribution >= 4 is 16.6 Å². The molecule has 3 aromatic rings. The van der Waals surface area contributed by atoms with Crippen LogP contribution in [0.4, 0.5) is 5.82 Å². The maximum atomic E-state index is 6.19. The average Bonchev–Trinajstić information content (AvgIpc) is 2.74. The highest BCUT2D eigenvalue weighted by Gasteiger charge is 2.19. The Morgan fingerprint density at radius 3 is 2.50 bits per heavy atom. The van der Waals surface area contributed by atoms with Gasteiger partial charge in [-0.05, 0) is 16.7 Å². The Morgan fingerprint density at radius 2 is 1.75 bits per heavy atom. The molecule has 1 aromatic heterocycles. The maximum absolute atomic E-state index is 6.19. The lowest BCUT2D eigenvalue weighted by Crippen LogP contribution is -2.00. The zero-order valence-corrected chi connectivity index (χ0v) is 12.1. The van der Waals surface area contributed by atoms with Crippen molar-refractivity contribution in [1.29, 1.82) is 0 Å². The molecule has 102 valence electrons. The molecule has 0 aliphatic heterocycles. The highest BCUT2D eigenvalue weighted by Crippen LogP contribution is 2.36. The quantitative estimate of drug-likeness (QED) is 0.762. The number of rotatable bonds is 2. The Kier molecular flexibility index (Phi) is 2.97. The summed E-state index contributed by atoms with van der Waals surface area (Å²) >= 11 is 0. The number of fused-ring (bicyclic) bond motifs is 1. The molecule has 0 atom stereocenters. The number of anilines is 1. The third-order valence-corrected chi connectivity index (χ3v) is 3.75. The predicted octanol–water partition coefficient (Wildman–Crippen LogP) is 3.95. The van der Waals surface area contributed by atoms with E-state index in [9.17, 15) is 0 Å². The number of benzene rings is 2. The van der Waals surface area contributed by atoms with Crippen LogP contribution < -0.4 is 5.73 Å². The molecule has 0 unspecified atom stereocenters. The van der Waals surface area contributed by atoms with Crippen LogP contribution in [0.3, 0.4) is 0 Å². The molecule has 2 N–H and O–H groups in total. The van der Waals surface area contributed by atoms with Crippen LogP contribution in [0.2, 0.25) is 0 Å². The highest BCUT2D eigenvalue weighted by molar-refractivity contribution is 5.97. The van der Waals surface area contributed by atoms with Crippen LogP contribution >= 0.6 is 0 Å². The van der Waals surface area contributed by atoms with Gasteiger partial charge in [-0.1, -0.05) is 56.3 Å². The fourth-order valence-corrected chi connectivity index (χ4v) is 2.75. The molecule has 0 spiro atoms. The van der Waals surface area contributed by atoms with Gasteiger partial charge in [-0.15, -0.1) is 0 Å². The second-order valence-electron chi connectivity index (χ2n) is 5.45. The number of nitrogens with two attached hydrogens (primary N) is 1. The van der Waals surface area contributed by atoms with Crippen molar-refractivity contribution in [2.45, 2.75) is 19.8 Å². The van der Waals surface area contributed by atoms with E-state index in [0.717, 1.165) is 22.6 Å². The zero-order chi connectivity index (χ0) is 14.3. The summed E-state index contributed by atoms with van der Waals surface area (Å²) < 4.78 is 1.77. The van der Waals surface area contributed by atoms with Gasteiger partial charge in [0.2, 0.25) is 0 Å². The average molecular weight is 265 g/mol. The lowest BCUT2D eigenvalue weighted by molar-refractivity contribution is 0.780. The summed E-state index contributed by atoms with van der Waals surface area (Å²) in [5.74, 6) is 1.10. The molecule has 3 rings (SSSR count). The van der Waals surface area contributed by atoms with E-state index in [0.29, 0.717) is 5.92 Å². The normalized spacial score (nSPS) is 11.4. The molecule has 0 saturated carbocycles. The van der Waals surface area contributed by atoms with Gasteiger partial charge in [0.05, 0.1) is 5.69 Å². The summed E-state index contributed by atoms with van der Waals surface area (Å²) in [4.78, 5) is 0. The van der Waals surface area contributed by atoms with E-state index in [1.54, 1.807) is 4.68 Å². The first-order valence-electron chi connectivity index (χ1n) is 6.90. The van der Waals surface area contributed by atoms with E-state index < -0.39 is 0 Å². The van der Waals surface area contributed by atoms with E-state index in [1.165, 1.54) is 10.8 Å². The number of nitrogen functional groups attached to an aromatic ring is 1. The van der Waals surface area contributed by atoms with E-state index in [4.69, 9.17) is 5.73 Å². The van der Waals surface area contributed by atoms with E-state index in [1.807, 2.05) is 7.05 Å². The third-order valence-electron chi connectivity index (χ3n) is 3.75. The van der Waals surface area contributed by atoms with Gasteiger partial charge >= 0.3 is 0 Å². The van der Waals surface area contributed by atoms with Crippen molar-refractivity contribution in [2.75, 3.05) is 5.73 Å². The summed E-state index contributed by atoms with van der Waals surface area (Å²) in [6.07, 6.45) is 0. The molecular weight excluding hydrogens is 246 g/mol.